The molecule has 1 atom stereocenters. The molecule has 1 aliphatic heterocycles. The molecular formula is C12H20ClNO2. The first kappa shape index (κ1) is 12.2. The molecule has 1 saturated carbocycles. The quantitative estimate of drug-likeness (QED) is 0.695. The van der Waals surface area contributed by atoms with Gasteiger partial charge in [-0.15, -0.1) is 11.6 Å². The van der Waals surface area contributed by atoms with Crippen molar-refractivity contribution in [2.45, 2.75) is 50.7 Å². The summed E-state index contributed by atoms with van der Waals surface area (Å²) in [5.74, 6) is 0.769. The standard InChI is InChI=1S/C12H20ClNO2/c13-6-7-14(10-3-1-4-10)12(15)9-11-5-2-8-16-11/h10-11H,1-9H2. The number of rotatable bonds is 5. The van der Waals surface area contributed by atoms with Gasteiger partial charge in [0.2, 0.25) is 5.91 Å². The first-order chi connectivity index (χ1) is 7.81. The summed E-state index contributed by atoms with van der Waals surface area (Å²) in [5, 5.41) is 0. The zero-order valence-corrected chi connectivity index (χ0v) is 10.4. The fourth-order valence-corrected chi connectivity index (χ4v) is 2.60. The fraction of sp³-hybridized carbons (Fsp3) is 0.917. The Kier molecular flexibility index (Phi) is 4.47. The molecule has 92 valence electrons. The van der Waals surface area contributed by atoms with Gasteiger partial charge in [0.05, 0.1) is 12.5 Å². The second-order valence-electron chi connectivity index (χ2n) is 4.70. The van der Waals surface area contributed by atoms with Crippen molar-refractivity contribution >= 4 is 17.5 Å². The van der Waals surface area contributed by atoms with Crippen LogP contribution in [0.3, 0.4) is 0 Å². The predicted octanol–water partition coefficient (Wildman–Crippen LogP) is 2.18. The van der Waals surface area contributed by atoms with Crippen molar-refractivity contribution in [3.63, 3.8) is 0 Å². The molecule has 1 unspecified atom stereocenters. The molecule has 2 aliphatic rings. The minimum atomic E-state index is 0.158. The van der Waals surface area contributed by atoms with Crippen LogP contribution >= 0.6 is 11.6 Å². The zero-order chi connectivity index (χ0) is 11.4. The van der Waals surface area contributed by atoms with Gasteiger partial charge in [0, 0.05) is 25.1 Å². The number of hydrogen-bond acceptors (Lipinski definition) is 2. The average Bonchev–Trinajstić information content (AvgIpc) is 2.67. The summed E-state index contributed by atoms with van der Waals surface area (Å²) in [6.07, 6.45) is 6.37. The second-order valence-corrected chi connectivity index (χ2v) is 5.08. The van der Waals surface area contributed by atoms with E-state index in [1.54, 1.807) is 0 Å². The van der Waals surface area contributed by atoms with Crippen molar-refractivity contribution in [2.75, 3.05) is 19.0 Å². The Morgan fingerprint density at radius 3 is 2.62 bits per heavy atom. The van der Waals surface area contributed by atoms with E-state index in [4.69, 9.17) is 16.3 Å². The van der Waals surface area contributed by atoms with E-state index < -0.39 is 0 Å². The molecule has 0 N–H and O–H groups in total. The molecule has 0 bridgehead atoms. The van der Waals surface area contributed by atoms with Crippen molar-refractivity contribution in [1.29, 1.82) is 0 Å². The van der Waals surface area contributed by atoms with Crippen LogP contribution in [0.5, 0.6) is 0 Å². The Labute approximate surface area is 102 Å². The van der Waals surface area contributed by atoms with Crippen molar-refractivity contribution in [2.24, 2.45) is 0 Å². The second kappa shape index (κ2) is 5.87. The third-order valence-electron chi connectivity index (χ3n) is 3.59. The maximum Gasteiger partial charge on any atom is 0.225 e. The number of hydrogen-bond donors (Lipinski definition) is 0. The highest BCUT2D eigenvalue weighted by Crippen LogP contribution is 2.26. The van der Waals surface area contributed by atoms with Crippen LogP contribution in [0.1, 0.15) is 38.5 Å². The Morgan fingerprint density at radius 1 is 1.31 bits per heavy atom. The highest BCUT2D eigenvalue weighted by atomic mass is 35.5. The van der Waals surface area contributed by atoms with Gasteiger partial charge in [-0.2, -0.15) is 0 Å². The number of ether oxygens (including phenoxy) is 1. The van der Waals surface area contributed by atoms with Gasteiger partial charge in [-0.25, -0.2) is 0 Å². The monoisotopic (exact) mass is 245 g/mol. The first-order valence-electron chi connectivity index (χ1n) is 6.28. The molecular weight excluding hydrogens is 226 g/mol. The smallest absolute Gasteiger partial charge is 0.225 e. The summed E-state index contributed by atoms with van der Waals surface area (Å²) in [6, 6.07) is 0.452. The van der Waals surface area contributed by atoms with Crippen LogP contribution in [-0.2, 0) is 9.53 Å². The Morgan fingerprint density at radius 2 is 2.12 bits per heavy atom. The highest BCUT2D eigenvalue weighted by molar-refractivity contribution is 6.18. The number of nitrogens with zero attached hydrogens (tertiary/aromatic N) is 1. The zero-order valence-electron chi connectivity index (χ0n) is 9.66. The Bertz CT molecular complexity index is 237. The lowest BCUT2D eigenvalue weighted by atomic mass is 9.91. The predicted molar refractivity (Wildman–Crippen MR) is 63.7 cm³/mol. The molecule has 2 rings (SSSR count). The molecule has 0 aromatic heterocycles. The molecule has 16 heavy (non-hydrogen) atoms. The summed E-state index contributed by atoms with van der Waals surface area (Å²) in [6.45, 7) is 1.51. The molecule has 1 saturated heterocycles. The van der Waals surface area contributed by atoms with Crippen molar-refractivity contribution in [1.82, 2.24) is 4.90 Å². The van der Waals surface area contributed by atoms with Crippen LogP contribution in [0.4, 0.5) is 0 Å². The van der Waals surface area contributed by atoms with Gasteiger partial charge in [0.25, 0.3) is 0 Å². The third kappa shape index (κ3) is 2.89. The van der Waals surface area contributed by atoms with E-state index in [1.807, 2.05) is 4.90 Å². The van der Waals surface area contributed by atoms with Crippen LogP contribution < -0.4 is 0 Å². The van der Waals surface area contributed by atoms with Crippen LogP contribution in [0, 0.1) is 0 Å². The molecule has 0 aromatic rings. The molecule has 3 nitrogen and oxygen atoms in total. The van der Waals surface area contributed by atoms with E-state index in [0.29, 0.717) is 24.9 Å². The van der Waals surface area contributed by atoms with Crippen LogP contribution in [-0.4, -0.2) is 42.0 Å². The van der Waals surface area contributed by atoms with E-state index in [1.165, 1.54) is 6.42 Å². The summed E-state index contributed by atoms with van der Waals surface area (Å²) >= 11 is 5.76. The molecule has 2 fully saturated rings. The maximum absolute atomic E-state index is 12.1. The lowest BCUT2D eigenvalue weighted by Gasteiger charge is -2.37. The lowest BCUT2D eigenvalue weighted by molar-refractivity contribution is -0.137. The lowest BCUT2D eigenvalue weighted by Crippen LogP contribution is -2.46. The van der Waals surface area contributed by atoms with Gasteiger partial charge in [0.15, 0.2) is 0 Å². The van der Waals surface area contributed by atoms with Gasteiger partial charge < -0.3 is 9.64 Å². The average molecular weight is 246 g/mol. The van der Waals surface area contributed by atoms with Gasteiger partial charge >= 0.3 is 0 Å². The van der Waals surface area contributed by atoms with E-state index in [0.717, 1.165) is 32.3 Å². The molecule has 0 radical (unpaired) electrons. The van der Waals surface area contributed by atoms with Gasteiger partial charge in [-0.3, -0.25) is 4.79 Å². The summed E-state index contributed by atoms with van der Waals surface area (Å²) in [7, 11) is 0. The van der Waals surface area contributed by atoms with Crippen LogP contribution in [0.2, 0.25) is 0 Å². The minimum Gasteiger partial charge on any atom is -0.378 e. The van der Waals surface area contributed by atoms with Crippen LogP contribution in [0.25, 0.3) is 0 Å². The Balaban J connectivity index is 1.82. The van der Waals surface area contributed by atoms with Gasteiger partial charge in [-0.05, 0) is 32.1 Å². The van der Waals surface area contributed by atoms with Crippen molar-refractivity contribution in [3.8, 4) is 0 Å². The number of halogens is 1. The summed E-state index contributed by atoms with van der Waals surface area (Å²) in [5.41, 5.74) is 0. The van der Waals surface area contributed by atoms with E-state index in [-0.39, 0.29) is 12.0 Å². The molecule has 1 aliphatic carbocycles. The normalized spacial score (nSPS) is 25.4. The third-order valence-corrected chi connectivity index (χ3v) is 3.76. The van der Waals surface area contributed by atoms with E-state index >= 15 is 0 Å². The number of alkyl halides is 1. The number of amides is 1. The number of carbonyl (C=O) groups is 1. The van der Waals surface area contributed by atoms with E-state index in [9.17, 15) is 4.79 Å². The maximum atomic E-state index is 12.1. The van der Waals surface area contributed by atoms with Crippen molar-refractivity contribution in [3.05, 3.63) is 0 Å². The minimum absolute atomic E-state index is 0.158. The molecule has 4 heteroatoms. The first-order valence-corrected chi connectivity index (χ1v) is 6.81. The van der Waals surface area contributed by atoms with Gasteiger partial charge in [0.1, 0.15) is 0 Å². The summed E-state index contributed by atoms with van der Waals surface area (Å²) < 4.78 is 5.50. The molecule has 1 amide bonds. The fourth-order valence-electron chi connectivity index (χ4n) is 2.42. The highest BCUT2D eigenvalue weighted by Gasteiger charge is 2.30. The number of carbonyl (C=O) groups excluding carboxylic acids is 1. The van der Waals surface area contributed by atoms with E-state index in [2.05, 4.69) is 0 Å². The molecule has 0 aromatic carbocycles. The largest absolute Gasteiger partial charge is 0.378 e. The SMILES string of the molecule is O=C(CC1CCCO1)N(CCCl)C1CCC1. The van der Waals surface area contributed by atoms with Crippen LogP contribution in [0.15, 0.2) is 0 Å². The topological polar surface area (TPSA) is 29.5 Å². The summed E-state index contributed by atoms with van der Waals surface area (Å²) in [4.78, 5) is 14.1. The van der Waals surface area contributed by atoms with Gasteiger partial charge in [-0.1, -0.05) is 0 Å². The molecule has 1 heterocycles. The van der Waals surface area contributed by atoms with Crippen molar-refractivity contribution < 1.29 is 9.53 Å². The Hall–Kier alpha value is -0.280. The molecule has 0 spiro atoms.